The first-order valence-corrected chi connectivity index (χ1v) is 14.8. The fraction of sp³-hybridized carbons (Fsp3) is 0.545. The van der Waals surface area contributed by atoms with Crippen molar-refractivity contribution in [1.82, 2.24) is 9.97 Å². The number of hydrogen-bond donors (Lipinski definition) is 1. The fourth-order valence-electron chi connectivity index (χ4n) is 3.09. The molecule has 1 N–H and O–H groups in total. The number of rotatable bonds is 17. The maximum absolute atomic E-state index is 13.6. The number of ether oxygens (including phenoxy) is 1. The molecule has 0 saturated carbocycles. The van der Waals surface area contributed by atoms with Crippen molar-refractivity contribution in [3.05, 3.63) is 42.7 Å². The SMILES string of the molecule is CCOP(=O)(OCC)C(Nc1ccc(OCCN(C)c2ccccn2)cn1)P(=O)(OCC)OCC. The maximum atomic E-state index is 13.6. The second-order valence-corrected chi connectivity index (χ2v) is 11.7. The van der Waals surface area contributed by atoms with Gasteiger partial charge < -0.3 is 33.0 Å². The van der Waals surface area contributed by atoms with Crippen LogP contribution in [0.1, 0.15) is 27.7 Å². The van der Waals surface area contributed by atoms with Gasteiger partial charge in [-0.15, -0.1) is 0 Å². The van der Waals surface area contributed by atoms with Gasteiger partial charge >= 0.3 is 15.2 Å². The number of nitrogens with one attached hydrogen (secondary N) is 1. The van der Waals surface area contributed by atoms with Gasteiger partial charge in [-0.25, -0.2) is 9.97 Å². The van der Waals surface area contributed by atoms with E-state index in [0.717, 1.165) is 5.82 Å². The van der Waals surface area contributed by atoms with Gasteiger partial charge in [0.05, 0.1) is 39.2 Å². The smallest absolute Gasteiger partial charge is 0.365 e. The van der Waals surface area contributed by atoms with Crippen molar-refractivity contribution in [2.24, 2.45) is 0 Å². The summed E-state index contributed by atoms with van der Waals surface area (Å²) in [6, 6.07) is 9.03. The third kappa shape index (κ3) is 8.56. The summed E-state index contributed by atoms with van der Waals surface area (Å²) in [5, 5.41) is 2.91. The first-order valence-electron chi connectivity index (χ1n) is 11.6. The second-order valence-electron chi connectivity index (χ2n) is 7.11. The Bertz CT molecular complexity index is 916. The number of anilines is 2. The first-order chi connectivity index (χ1) is 16.8. The summed E-state index contributed by atoms with van der Waals surface area (Å²) in [7, 11) is -5.97. The van der Waals surface area contributed by atoms with E-state index in [-0.39, 0.29) is 32.2 Å². The van der Waals surface area contributed by atoms with Crippen molar-refractivity contribution < 1.29 is 32.0 Å². The van der Waals surface area contributed by atoms with Crippen molar-refractivity contribution in [2.45, 2.75) is 33.2 Å². The summed E-state index contributed by atoms with van der Waals surface area (Å²) in [6.07, 6.45) is 3.25. The van der Waals surface area contributed by atoms with Crippen LogP contribution >= 0.6 is 15.2 Å². The minimum absolute atomic E-state index is 0.0842. The van der Waals surface area contributed by atoms with E-state index in [0.29, 0.717) is 18.9 Å². The van der Waals surface area contributed by atoms with E-state index < -0.39 is 20.7 Å². The lowest BCUT2D eigenvalue weighted by molar-refractivity contribution is 0.198. The summed E-state index contributed by atoms with van der Waals surface area (Å²) in [6.45, 7) is 8.06. The summed E-state index contributed by atoms with van der Waals surface area (Å²) in [5.41, 5.74) is -1.40. The maximum Gasteiger partial charge on any atom is 0.365 e. The van der Waals surface area contributed by atoms with Gasteiger partial charge in [-0.1, -0.05) is 6.07 Å². The van der Waals surface area contributed by atoms with E-state index in [4.69, 9.17) is 22.8 Å². The highest BCUT2D eigenvalue weighted by Crippen LogP contribution is 2.70. The van der Waals surface area contributed by atoms with Crippen LogP contribution in [0, 0.1) is 0 Å². The van der Waals surface area contributed by atoms with E-state index in [1.54, 1.807) is 46.0 Å². The molecule has 0 aliphatic carbocycles. The average molecular weight is 530 g/mol. The van der Waals surface area contributed by atoms with Gasteiger partial charge in [-0.3, -0.25) is 9.13 Å². The third-order valence-corrected chi connectivity index (χ3v) is 10.2. The lowest BCUT2D eigenvalue weighted by atomic mass is 10.4. The number of hydrogen-bond acceptors (Lipinski definition) is 11. The molecule has 0 fully saturated rings. The summed E-state index contributed by atoms with van der Waals surface area (Å²) >= 11 is 0. The normalized spacial score (nSPS) is 12.1. The van der Waals surface area contributed by atoms with E-state index in [9.17, 15) is 9.13 Å². The quantitative estimate of drug-likeness (QED) is 0.271. The van der Waals surface area contributed by atoms with Crippen LogP contribution in [0.25, 0.3) is 0 Å². The molecule has 2 heterocycles. The topological polar surface area (TPSA) is 121 Å². The van der Waals surface area contributed by atoms with E-state index in [1.807, 2.05) is 30.1 Å². The molecule has 0 radical (unpaired) electrons. The molecule has 0 saturated heterocycles. The highest BCUT2D eigenvalue weighted by Gasteiger charge is 2.51. The van der Waals surface area contributed by atoms with Crippen molar-refractivity contribution in [3.8, 4) is 5.75 Å². The number of pyridine rings is 2. The Morgan fingerprint density at radius 2 is 1.49 bits per heavy atom. The monoisotopic (exact) mass is 530 g/mol. The molecule has 0 unspecified atom stereocenters. The summed E-state index contributed by atoms with van der Waals surface area (Å²) < 4.78 is 54.8. The molecule has 35 heavy (non-hydrogen) atoms. The molecule has 0 spiro atoms. The zero-order chi connectivity index (χ0) is 25.7. The fourth-order valence-corrected chi connectivity index (χ4v) is 8.01. The van der Waals surface area contributed by atoms with Gasteiger partial charge in [0.15, 0.2) is 0 Å². The summed E-state index contributed by atoms with van der Waals surface area (Å²) in [4.78, 5) is 10.6. The zero-order valence-electron chi connectivity index (χ0n) is 21.0. The van der Waals surface area contributed by atoms with E-state index >= 15 is 0 Å². The zero-order valence-corrected chi connectivity index (χ0v) is 22.7. The molecular weight excluding hydrogens is 494 g/mol. The van der Waals surface area contributed by atoms with Crippen LogP contribution in [0.15, 0.2) is 42.7 Å². The van der Waals surface area contributed by atoms with Gasteiger partial charge in [-0.2, -0.15) is 0 Å². The van der Waals surface area contributed by atoms with Crippen LogP contribution < -0.4 is 15.0 Å². The molecule has 0 aromatic carbocycles. The van der Waals surface area contributed by atoms with Crippen molar-refractivity contribution in [3.63, 3.8) is 0 Å². The molecule has 2 rings (SSSR count). The lowest BCUT2D eigenvalue weighted by Gasteiger charge is -2.31. The van der Waals surface area contributed by atoms with Gasteiger partial charge in [0.2, 0.25) is 5.52 Å². The Kier molecular flexibility index (Phi) is 12.1. The predicted molar refractivity (Wildman–Crippen MR) is 136 cm³/mol. The molecule has 0 aliphatic heterocycles. The number of nitrogens with zero attached hydrogens (tertiary/aromatic N) is 3. The molecule has 0 atom stereocenters. The Labute approximate surface area is 207 Å². The van der Waals surface area contributed by atoms with Crippen LogP contribution in [0.4, 0.5) is 11.6 Å². The van der Waals surface area contributed by atoms with Gasteiger partial charge in [0, 0.05) is 13.2 Å². The molecule has 0 bridgehead atoms. The van der Waals surface area contributed by atoms with Crippen LogP contribution in [-0.4, -0.2) is 62.1 Å². The number of likely N-dealkylation sites (N-methyl/N-ethyl adjacent to an activating group) is 1. The van der Waals surface area contributed by atoms with Crippen LogP contribution in [0.5, 0.6) is 5.75 Å². The van der Waals surface area contributed by atoms with Gasteiger partial charge in [0.25, 0.3) is 0 Å². The minimum atomic E-state index is -3.95. The molecule has 0 aliphatic rings. The standard InChI is InChI=1S/C22H36N4O7P2/c1-6-30-34(27,31-7-2)22(35(28,32-8-3)33-9-4)25-20-14-13-19(18-24-20)29-17-16-26(5)21-12-10-11-15-23-21/h10-15,18,22H,6-9,16-17H2,1-5H3,(H,24,25). The minimum Gasteiger partial charge on any atom is -0.490 e. The Hall–Kier alpha value is -2.00. The largest absolute Gasteiger partial charge is 0.490 e. The van der Waals surface area contributed by atoms with Crippen molar-refractivity contribution in [2.75, 3.05) is 56.8 Å². The molecule has 196 valence electrons. The van der Waals surface area contributed by atoms with Crippen LogP contribution in [0.3, 0.4) is 0 Å². The molecular formula is C22H36N4O7P2. The van der Waals surface area contributed by atoms with Gasteiger partial charge in [-0.05, 0) is 52.0 Å². The Morgan fingerprint density at radius 3 is 1.94 bits per heavy atom. The Morgan fingerprint density at radius 1 is 0.886 bits per heavy atom. The van der Waals surface area contributed by atoms with Gasteiger partial charge in [0.1, 0.15) is 24.0 Å². The molecule has 13 heteroatoms. The Balaban J connectivity index is 2.14. The lowest BCUT2D eigenvalue weighted by Crippen LogP contribution is -2.26. The van der Waals surface area contributed by atoms with Crippen LogP contribution in [-0.2, 0) is 27.2 Å². The highest BCUT2D eigenvalue weighted by atomic mass is 31.2. The molecule has 2 aromatic heterocycles. The highest BCUT2D eigenvalue weighted by molar-refractivity contribution is 7.72. The molecule has 2 aromatic rings. The second kappa shape index (κ2) is 14.5. The molecule has 11 nitrogen and oxygen atoms in total. The predicted octanol–water partition coefficient (Wildman–Crippen LogP) is 5.22. The third-order valence-electron chi connectivity index (χ3n) is 4.58. The number of aromatic nitrogens is 2. The van der Waals surface area contributed by atoms with Crippen molar-refractivity contribution >= 4 is 26.8 Å². The van der Waals surface area contributed by atoms with Crippen molar-refractivity contribution in [1.29, 1.82) is 0 Å². The van der Waals surface area contributed by atoms with Crippen LogP contribution in [0.2, 0.25) is 0 Å². The van der Waals surface area contributed by atoms with E-state index in [2.05, 4.69) is 15.3 Å². The average Bonchev–Trinajstić information content (AvgIpc) is 2.84. The summed E-state index contributed by atoms with van der Waals surface area (Å²) in [5.74, 6) is 1.67. The first kappa shape index (κ1) is 29.2. The van der Waals surface area contributed by atoms with E-state index in [1.165, 1.54) is 6.20 Å². The molecule has 0 amide bonds.